The van der Waals surface area contributed by atoms with E-state index in [4.69, 9.17) is 5.73 Å². The standard InChI is InChI=1S/C12H12FN3/c1-7-5-9(3-4-10(7)13)11-8(2)6-15-12(14)16-11/h3-6H,1-2H3,(H2,14,15,16). The van der Waals surface area contributed by atoms with Crippen LogP contribution in [0.1, 0.15) is 11.1 Å². The highest BCUT2D eigenvalue weighted by atomic mass is 19.1. The number of nitrogens with zero attached hydrogens (tertiary/aromatic N) is 2. The van der Waals surface area contributed by atoms with Crippen LogP contribution in [0.25, 0.3) is 11.3 Å². The van der Waals surface area contributed by atoms with E-state index in [0.717, 1.165) is 16.8 Å². The molecule has 3 nitrogen and oxygen atoms in total. The highest BCUT2D eigenvalue weighted by Gasteiger charge is 2.07. The molecule has 1 heterocycles. The molecule has 0 saturated heterocycles. The molecule has 0 aliphatic rings. The zero-order valence-electron chi connectivity index (χ0n) is 9.16. The molecule has 0 spiro atoms. The van der Waals surface area contributed by atoms with Gasteiger partial charge in [-0.2, -0.15) is 0 Å². The molecule has 82 valence electrons. The van der Waals surface area contributed by atoms with E-state index in [-0.39, 0.29) is 11.8 Å². The Bertz CT molecular complexity index is 538. The maximum Gasteiger partial charge on any atom is 0.220 e. The third kappa shape index (κ3) is 1.86. The van der Waals surface area contributed by atoms with E-state index in [9.17, 15) is 4.39 Å². The molecule has 0 radical (unpaired) electrons. The van der Waals surface area contributed by atoms with Gasteiger partial charge in [-0.3, -0.25) is 0 Å². The molecule has 0 bridgehead atoms. The Kier molecular flexibility index (Phi) is 2.56. The van der Waals surface area contributed by atoms with Crippen LogP contribution in [-0.2, 0) is 0 Å². The molecule has 2 rings (SSSR count). The fourth-order valence-corrected chi connectivity index (χ4v) is 1.54. The zero-order chi connectivity index (χ0) is 11.7. The van der Waals surface area contributed by atoms with Gasteiger partial charge in [0.25, 0.3) is 0 Å². The molecule has 0 fully saturated rings. The number of nitrogen functional groups attached to an aromatic ring is 1. The number of anilines is 1. The molecule has 16 heavy (non-hydrogen) atoms. The summed E-state index contributed by atoms with van der Waals surface area (Å²) in [6.45, 7) is 3.62. The first-order valence-electron chi connectivity index (χ1n) is 4.93. The normalized spacial score (nSPS) is 10.4. The van der Waals surface area contributed by atoms with Crippen LogP contribution in [-0.4, -0.2) is 9.97 Å². The second-order valence-electron chi connectivity index (χ2n) is 3.72. The minimum Gasteiger partial charge on any atom is -0.368 e. The number of nitrogens with two attached hydrogens (primary N) is 1. The lowest BCUT2D eigenvalue weighted by molar-refractivity contribution is 0.618. The van der Waals surface area contributed by atoms with Crippen LogP contribution < -0.4 is 5.73 Å². The number of hydrogen-bond donors (Lipinski definition) is 1. The lowest BCUT2D eigenvalue weighted by Gasteiger charge is -2.06. The molecule has 0 aliphatic heterocycles. The van der Waals surface area contributed by atoms with Gasteiger partial charge in [0.15, 0.2) is 0 Å². The van der Waals surface area contributed by atoms with E-state index in [0.29, 0.717) is 5.56 Å². The van der Waals surface area contributed by atoms with Crippen molar-refractivity contribution >= 4 is 5.95 Å². The Hall–Kier alpha value is -1.97. The second kappa shape index (κ2) is 3.89. The molecule has 2 aromatic rings. The number of benzene rings is 1. The molecule has 0 amide bonds. The number of rotatable bonds is 1. The predicted molar refractivity (Wildman–Crippen MR) is 61.3 cm³/mol. The lowest BCUT2D eigenvalue weighted by Crippen LogP contribution is -1.98. The lowest BCUT2D eigenvalue weighted by atomic mass is 10.1. The summed E-state index contributed by atoms with van der Waals surface area (Å²) in [5, 5.41) is 0. The van der Waals surface area contributed by atoms with Crippen molar-refractivity contribution in [3.63, 3.8) is 0 Å². The third-order valence-electron chi connectivity index (χ3n) is 2.42. The van der Waals surface area contributed by atoms with Crippen molar-refractivity contribution in [2.24, 2.45) is 0 Å². The molecular formula is C12H12FN3. The first-order chi connectivity index (χ1) is 7.58. The van der Waals surface area contributed by atoms with Crippen LogP contribution in [0.2, 0.25) is 0 Å². The summed E-state index contributed by atoms with van der Waals surface area (Å²) in [5.41, 5.74) is 8.64. The molecule has 0 aliphatic carbocycles. The average molecular weight is 217 g/mol. The number of aryl methyl sites for hydroxylation is 2. The van der Waals surface area contributed by atoms with E-state index in [1.165, 1.54) is 6.07 Å². The fraction of sp³-hybridized carbons (Fsp3) is 0.167. The van der Waals surface area contributed by atoms with Gasteiger partial charge in [-0.05, 0) is 43.2 Å². The maximum absolute atomic E-state index is 13.1. The second-order valence-corrected chi connectivity index (χ2v) is 3.72. The van der Waals surface area contributed by atoms with Gasteiger partial charge >= 0.3 is 0 Å². The van der Waals surface area contributed by atoms with E-state index in [1.54, 1.807) is 25.3 Å². The van der Waals surface area contributed by atoms with Crippen molar-refractivity contribution in [3.05, 3.63) is 41.3 Å². The van der Waals surface area contributed by atoms with Crippen molar-refractivity contribution in [3.8, 4) is 11.3 Å². The monoisotopic (exact) mass is 217 g/mol. The van der Waals surface area contributed by atoms with Gasteiger partial charge in [-0.25, -0.2) is 14.4 Å². The molecule has 0 unspecified atom stereocenters. The third-order valence-corrected chi connectivity index (χ3v) is 2.42. The first-order valence-corrected chi connectivity index (χ1v) is 4.93. The first kappa shape index (κ1) is 10.5. The van der Waals surface area contributed by atoms with Crippen molar-refractivity contribution in [2.45, 2.75) is 13.8 Å². The topological polar surface area (TPSA) is 51.8 Å². The summed E-state index contributed by atoms with van der Waals surface area (Å²) in [5.74, 6) is 0.00556. The van der Waals surface area contributed by atoms with Crippen molar-refractivity contribution in [1.82, 2.24) is 9.97 Å². The molecular weight excluding hydrogens is 205 g/mol. The molecule has 0 saturated carbocycles. The fourth-order valence-electron chi connectivity index (χ4n) is 1.54. The van der Waals surface area contributed by atoms with E-state index < -0.39 is 0 Å². The minimum atomic E-state index is -0.219. The number of halogens is 1. The summed E-state index contributed by atoms with van der Waals surface area (Å²) in [7, 11) is 0. The van der Waals surface area contributed by atoms with Crippen LogP contribution in [0, 0.1) is 19.7 Å². The van der Waals surface area contributed by atoms with Gasteiger partial charge in [0.1, 0.15) is 5.82 Å². The Morgan fingerprint density at radius 2 is 1.94 bits per heavy atom. The van der Waals surface area contributed by atoms with Gasteiger partial charge in [0.2, 0.25) is 5.95 Å². The summed E-state index contributed by atoms with van der Waals surface area (Å²) in [6.07, 6.45) is 1.66. The predicted octanol–water partition coefficient (Wildman–Crippen LogP) is 2.48. The van der Waals surface area contributed by atoms with Crippen LogP contribution in [0.15, 0.2) is 24.4 Å². The highest BCUT2D eigenvalue weighted by molar-refractivity contribution is 5.64. The van der Waals surface area contributed by atoms with E-state index in [2.05, 4.69) is 9.97 Å². The van der Waals surface area contributed by atoms with Gasteiger partial charge in [-0.15, -0.1) is 0 Å². The van der Waals surface area contributed by atoms with Crippen LogP contribution >= 0.6 is 0 Å². The Balaban J connectivity index is 2.58. The SMILES string of the molecule is Cc1cc(-c2nc(N)ncc2C)ccc1F. The number of aromatic nitrogens is 2. The van der Waals surface area contributed by atoms with Crippen molar-refractivity contribution < 1.29 is 4.39 Å². The van der Waals surface area contributed by atoms with Gasteiger partial charge in [0, 0.05) is 11.8 Å². The molecule has 4 heteroatoms. The highest BCUT2D eigenvalue weighted by Crippen LogP contribution is 2.23. The summed E-state index contributed by atoms with van der Waals surface area (Å²) < 4.78 is 13.1. The smallest absolute Gasteiger partial charge is 0.220 e. The molecule has 1 aromatic carbocycles. The van der Waals surface area contributed by atoms with Crippen LogP contribution in [0.5, 0.6) is 0 Å². The summed E-state index contributed by atoms with van der Waals surface area (Å²) in [4.78, 5) is 8.06. The molecule has 2 N–H and O–H groups in total. The number of hydrogen-bond acceptors (Lipinski definition) is 3. The van der Waals surface area contributed by atoms with Crippen LogP contribution in [0.3, 0.4) is 0 Å². The summed E-state index contributed by atoms with van der Waals surface area (Å²) in [6, 6.07) is 4.88. The molecule has 1 aromatic heterocycles. The van der Waals surface area contributed by atoms with E-state index >= 15 is 0 Å². The van der Waals surface area contributed by atoms with Gasteiger partial charge < -0.3 is 5.73 Å². The van der Waals surface area contributed by atoms with Crippen molar-refractivity contribution in [1.29, 1.82) is 0 Å². The van der Waals surface area contributed by atoms with Gasteiger partial charge in [0.05, 0.1) is 5.69 Å². The largest absolute Gasteiger partial charge is 0.368 e. The Morgan fingerprint density at radius 3 is 2.62 bits per heavy atom. The zero-order valence-corrected chi connectivity index (χ0v) is 9.16. The minimum absolute atomic E-state index is 0.219. The Labute approximate surface area is 93.2 Å². The Morgan fingerprint density at radius 1 is 1.19 bits per heavy atom. The maximum atomic E-state index is 13.1. The summed E-state index contributed by atoms with van der Waals surface area (Å²) >= 11 is 0. The quantitative estimate of drug-likeness (QED) is 0.798. The van der Waals surface area contributed by atoms with Crippen molar-refractivity contribution in [2.75, 3.05) is 5.73 Å². The average Bonchev–Trinajstić information content (AvgIpc) is 2.26. The molecule has 0 atom stereocenters. The van der Waals surface area contributed by atoms with E-state index in [1.807, 2.05) is 6.92 Å². The van der Waals surface area contributed by atoms with Gasteiger partial charge in [-0.1, -0.05) is 0 Å². The van der Waals surface area contributed by atoms with Crippen LogP contribution in [0.4, 0.5) is 10.3 Å².